The van der Waals surface area contributed by atoms with E-state index in [-0.39, 0.29) is 10.4 Å². The van der Waals surface area contributed by atoms with Crippen LogP contribution in [0.5, 0.6) is 0 Å². The van der Waals surface area contributed by atoms with Gasteiger partial charge in [0.15, 0.2) is 0 Å². The fourth-order valence-electron chi connectivity index (χ4n) is 1.07. The van der Waals surface area contributed by atoms with Gasteiger partial charge in [0.25, 0.3) is 0 Å². The van der Waals surface area contributed by atoms with Gasteiger partial charge in [0.2, 0.25) is 10.0 Å². The van der Waals surface area contributed by atoms with Gasteiger partial charge in [-0.3, -0.25) is 0 Å². The predicted octanol–water partition coefficient (Wildman–Crippen LogP) is 1.05. The van der Waals surface area contributed by atoms with Gasteiger partial charge in [-0.25, -0.2) is 23.1 Å². The molecule has 1 aromatic heterocycles. The highest BCUT2D eigenvalue weighted by Crippen LogP contribution is 2.13. The van der Waals surface area contributed by atoms with Gasteiger partial charge >= 0.3 is 0 Å². The molecule has 1 aromatic rings. The number of rotatable bonds is 4. The zero-order chi connectivity index (χ0) is 14.0. The van der Waals surface area contributed by atoms with Gasteiger partial charge in [-0.2, -0.15) is 0 Å². The van der Waals surface area contributed by atoms with Gasteiger partial charge in [-0.15, -0.1) is 0 Å². The molecule has 0 spiro atoms. The van der Waals surface area contributed by atoms with E-state index in [1.54, 1.807) is 6.07 Å². The lowest BCUT2D eigenvalue weighted by Crippen LogP contribution is -2.40. The van der Waals surface area contributed by atoms with Crippen molar-refractivity contribution in [2.24, 2.45) is 0 Å². The van der Waals surface area contributed by atoms with E-state index in [2.05, 4.69) is 15.8 Å². The number of aromatic nitrogens is 1. The molecule has 2 N–H and O–H groups in total. The SMILES string of the molecule is CN(C)S(=O)(=O)c1ccc(NNC(C)(C)C)nc1. The first-order valence-corrected chi connectivity index (χ1v) is 6.99. The van der Waals surface area contributed by atoms with Crippen LogP contribution in [0, 0.1) is 0 Å². The Kier molecular flexibility index (Phi) is 4.31. The van der Waals surface area contributed by atoms with E-state index in [9.17, 15) is 8.42 Å². The Morgan fingerprint density at radius 2 is 1.83 bits per heavy atom. The Morgan fingerprint density at radius 3 is 2.22 bits per heavy atom. The molecule has 0 aliphatic rings. The predicted molar refractivity (Wildman–Crippen MR) is 71.6 cm³/mol. The van der Waals surface area contributed by atoms with Gasteiger partial charge in [-0.1, -0.05) is 0 Å². The third kappa shape index (κ3) is 3.94. The van der Waals surface area contributed by atoms with E-state index >= 15 is 0 Å². The van der Waals surface area contributed by atoms with Crippen LogP contribution >= 0.6 is 0 Å². The van der Waals surface area contributed by atoms with E-state index in [1.807, 2.05) is 20.8 Å². The van der Waals surface area contributed by atoms with Crippen LogP contribution in [-0.4, -0.2) is 37.3 Å². The van der Waals surface area contributed by atoms with E-state index < -0.39 is 10.0 Å². The molecular weight excluding hydrogens is 252 g/mol. The number of hydrogen-bond acceptors (Lipinski definition) is 5. The molecule has 1 rings (SSSR count). The molecular formula is C11H20N4O2S. The van der Waals surface area contributed by atoms with Crippen molar-refractivity contribution in [3.8, 4) is 0 Å². The molecule has 6 nitrogen and oxygen atoms in total. The molecule has 0 unspecified atom stereocenters. The monoisotopic (exact) mass is 272 g/mol. The van der Waals surface area contributed by atoms with E-state index in [0.717, 1.165) is 4.31 Å². The summed E-state index contributed by atoms with van der Waals surface area (Å²) in [5.74, 6) is 0.572. The topological polar surface area (TPSA) is 74.3 Å². The lowest BCUT2D eigenvalue weighted by Gasteiger charge is -2.21. The highest BCUT2D eigenvalue weighted by Gasteiger charge is 2.17. The first-order chi connectivity index (χ1) is 8.13. The Bertz CT molecular complexity index is 489. The molecule has 0 aromatic carbocycles. The maximum absolute atomic E-state index is 11.8. The smallest absolute Gasteiger partial charge is 0.244 e. The summed E-state index contributed by atoms with van der Waals surface area (Å²) in [4.78, 5) is 4.23. The van der Waals surface area contributed by atoms with Crippen LogP contribution < -0.4 is 10.9 Å². The van der Waals surface area contributed by atoms with Crippen molar-refractivity contribution in [1.82, 2.24) is 14.7 Å². The normalized spacial score (nSPS) is 12.8. The molecule has 1 heterocycles. The zero-order valence-corrected chi connectivity index (χ0v) is 12.2. The minimum absolute atomic E-state index is 0.101. The maximum atomic E-state index is 11.8. The van der Waals surface area contributed by atoms with Crippen molar-refractivity contribution in [1.29, 1.82) is 0 Å². The molecule has 0 bridgehead atoms. The van der Waals surface area contributed by atoms with E-state index in [4.69, 9.17) is 0 Å². The van der Waals surface area contributed by atoms with Gasteiger partial charge in [0.1, 0.15) is 10.7 Å². The molecule has 0 atom stereocenters. The molecule has 0 aliphatic carbocycles. The van der Waals surface area contributed by atoms with Crippen LogP contribution in [0.25, 0.3) is 0 Å². The molecule has 0 amide bonds. The molecule has 18 heavy (non-hydrogen) atoms. The Balaban J connectivity index is 2.81. The largest absolute Gasteiger partial charge is 0.305 e. The number of nitrogens with zero attached hydrogens (tertiary/aromatic N) is 2. The number of hydrogen-bond donors (Lipinski definition) is 2. The molecule has 102 valence electrons. The van der Waals surface area contributed by atoms with Crippen LogP contribution in [0.2, 0.25) is 0 Å². The Morgan fingerprint density at radius 1 is 1.22 bits per heavy atom. The fraction of sp³-hybridized carbons (Fsp3) is 0.545. The highest BCUT2D eigenvalue weighted by atomic mass is 32.2. The third-order valence-electron chi connectivity index (χ3n) is 2.08. The van der Waals surface area contributed by atoms with Crippen LogP contribution in [-0.2, 0) is 10.0 Å². The van der Waals surface area contributed by atoms with Crippen molar-refractivity contribution in [3.05, 3.63) is 18.3 Å². The molecule has 0 aliphatic heterocycles. The Labute approximate surface area is 108 Å². The summed E-state index contributed by atoms with van der Waals surface area (Å²) in [5.41, 5.74) is 5.87. The van der Waals surface area contributed by atoms with Crippen molar-refractivity contribution in [3.63, 3.8) is 0 Å². The summed E-state index contributed by atoms with van der Waals surface area (Å²) in [5, 5.41) is 0. The summed E-state index contributed by atoms with van der Waals surface area (Å²) in [6.07, 6.45) is 1.34. The van der Waals surface area contributed by atoms with Crippen LogP contribution in [0.3, 0.4) is 0 Å². The summed E-state index contributed by atoms with van der Waals surface area (Å²) >= 11 is 0. The highest BCUT2D eigenvalue weighted by molar-refractivity contribution is 7.89. The molecule has 0 fully saturated rings. The molecule has 0 saturated heterocycles. The van der Waals surface area contributed by atoms with E-state index in [1.165, 1.54) is 26.4 Å². The minimum atomic E-state index is -3.41. The average molecular weight is 272 g/mol. The molecule has 0 radical (unpaired) electrons. The first kappa shape index (κ1) is 14.9. The van der Waals surface area contributed by atoms with Crippen molar-refractivity contribution in [2.75, 3.05) is 19.5 Å². The van der Waals surface area contributed by atoms with Crippen molar-refractivity contribution >= 4 is 15.8 Å². The molecule has 0 saturated carbocycles. The van der Waals surface area contributed by atoms with Gasteiger partial charge < -0.3 is 5.43 Å². The minimum Gasteiger partial charge on any atom is -0.305 e. The van der Waals surface area contributed by atoms with Crippen molar-refractivity contribution < 1.29 is 8.42 Å². The van der Waals surface area contributed by atoms with E-state index in [0.29, 0.717) is 5.82 Å². The maximum Gasteiger partial charge on any atom is 0.244 e. The number of sulfonamides is 1. The van der Waals surface area contributed by atoms with Crippen LogP contribution in [0.1, 0.15) is 20.8 Å². The van der Waals surface area contributed by atoms with Gasteiger partial charge in [0.05, 0.1) is 0 Å². The van der Waals surface area contributed by atoms with Crippen LogP contribution in [0.4, 0.5) is 5.82 Å². The second-order valence-electron chi connectivity index (χ2n) is 5.17. The number of hydrazine groups is 1. The Hall–Kier alpha value is -1.18. The van der Waals surface area contributed by atoms with Crippen molar-refractivity contribution in [2.45, 2.75) is 31.2 Å². The number of pyridine rings is 1. The van der Waals surface area contributed by atoms with Crippen LogP contribution in [0.15, 0.2) is 23.2 Å². The lowest BCUT2D eigenvalue weighted by atomic mass is 10.1. The quantitative estimate of drug-likeness (QED) is 0.801. The van der Waals surface area contributed by atoms with Gasteiger partial charge in [0, 0.05) is 25.8 Å². The van der Waals surface area contributed by atoms with Gasteiger partial charge in [-0.05, 0) is 32.9 Å². The first-order valence-electron chi connectivity index (χ1n) is 5.55. The summed E-state index contributed by atoms with van der Waals surface area (Å²) in [6, 6.07) is 3.14. The average Bonchev–Trinajstić information content (AvgIpc) is 2.26. The standard InChI is InChI=1S/C11H20N4O2S/c1-11(2,3)14-13-10-7-6-9(8-12-10)18(16,17)15(4)5/h6-8,14H,1-5H3,(H,12,13). The summed E-state index contributed by atoms with van der Waals surface area (Å²) < 4.78 is 24.8. The zero-order valence-electron chi connectivity index (χ0n) is 11.4. The number of anilines is 1. The second kappa shape index (κ2) is 5.21. The fourth-order valence-corrected chi connectivity index (χ4v) is 1.92. The summed E-state index contributed by atoms with van der Waals surface area (Å²) in [6.45, 7) is 6.01. The third-order valence-corrected chi connectivity index (χ3v) is 3.88. The number of nitrogens with one attached hydrogen (secondary N) is 2. The summed E-state index contributed by atoms with van der Waals surface area (Å²) in [7, 11) is -0.437. The second-order valence-corrected chi connectivity index (χ2v) is 7.32. The lowest BCUT2D eigenvalue weighted by molar-refractivity contribution is 0.464. The molecule has 7 heteroatoms.